The molecular weight excluding hydrogens is 237 g/mol. The number of rotatable bonds is 3. The largest absolute Gasteiger partial charge is 0.231 e. The van der Waals surface area contributed by atoms with Crippen molar-refractivity contribution < 1.29 is 4.39 Å². The highest BCUT2D eigenvalue weighted by Crippen LogP contribution is 2.19. The molecule has 5 heteroatoms. The SMILES string of the molecule is N#Cc1cc(F)cc(CSc2ncccn2)c1. The molecule has 0 unspecified atom stereocenters. The van der Waals surface area contributed by atoms with Gasteiger partial charge in [0, 0.05) is 18.1 Å². The van der Waals surface area contributed by atoms with Crippen LogP contribution in [0.1, 0.15) is 11.1 Å². The summed E-state index contributed by atoms with van der Waals surface area (Å²) in [5, 5.41) is 9.36. The zero-order valence-electron chi connectivity index (χ0n) is 8.80. The van der Waals surface area contributed by atoms with Gasteiger partial charge in [0.1, 0.15) is 5.82 Å². The summed E-state index contributed by atoms with van der Waals surface area (Å²) in [6, 6.07) is 7.96. The Hall–Kier alpha value is -1.93. The molecule has 0 bridgehead atoms. The van der Waals surface area contributed by atoms with E-state index in [-0.39, 0.29) is 0 Å². The van der Waals surface area contributed by atoms with E-state index < -0.39 is 5.82 Å². The fourth-order valence-corrected chi connectivity index (χ4v) is 2.04. The smallest absolute Gasteiger partial charge is 0.187 e. The molecule has 0 aliphatic carbocycles. The molecule has 0 spiro atoms. The van der Waals surface area contributed by atoms with E-state index in [4.69, 9.17) is 5.26 Å². The standard InChI is InChI=1S/C12H8FN3S/c13-11-5-9(7-14)4-10(6-11)8-17-12-15-2-1-3-16-12/h1-6H,8H2. The Kier molecular flexibility index (Phi) is 3.68. The summed E-state index contributed by atoms with van der Waals surface area (Å²) in [7, 11) is 0. The molecule has 0 amide bonds. The molecule has 2 rings (SSSR count). The summed E-state index contributed by atoms with van der Waals surface area (Å²) < 4.78 is 13.1. The Bertz CT molecular complexity index is 551. The number of aromatic nitrogens is 2. The van der Waals surface area contributed by atoms with Gasteiger partial charge in [0.25, 0.3) is 0 Å². The number of benzene rings is 1. The van der Waals surface area contributed by atoms with Crippen LogP contribution >= 0.6 is 11.8 Å². The van der Waals surface area contributed by atoms with Crippen molar-refractivity contribution in [3.63, 3.8) is 0 Å². The first-order valence-corrected chi connectivity index (χ1v) is 5.86. The molecule has 1 aromatic carbocycles. The zero-order valence-corrected chi connectivity index (χ0v) is 9.62. The van der Waals surface area contributed by atoms with Gasteiger partial charge in [0.2, 0.25) is 0 Å². The molecule has 0 aliphatic heterocycles. The molecule has 2 aromatic rings. The van der Waals surface area contributed by atoms with Gasteiger partial charge >= 0.3 is 0 Å². The second kappa shape index (κ2) is 5.41. The fourth-order valence-electron chi connectivity index (χ4n) is 1.31. The Morgan fingerprint density at radius 3 is 2.71 bits per heavy atom. The topological polar surface area (TPSA) is 49.6 Å². The van der Waals surface area contributed by atoms with Gasteiger partial charge in [-0.15, -0.1) is 0 Å². The molecule has 0 aliphatic rings. The molecule has 0 radical (unpaired) electrons. The van der Waals surface area contributed by atoms with Gasteiger partial charge in [-0.05, 0) is 29.8 Å². The van der Waals surface area contributed by atoms with Crippen molar-refractivity contribution in [1.29, 1.82) is 5.26 Å². The summed E-state index contributed by atoms with van der Waals surface area (Å²) in [6.07, 6.45) is 3.31. The molecule has 84 valence electrons. The quantitative estimate of drug-likeness (QED) is 0.616. The van der Waals surface area contributed by atoms with Crippen LogP contribution in [0.3, 0.4) is 0 Å². The van der Waals surface area contributed by atoms with E-state index >= 15 is 0 Å². The van der Waals surface area contributed by atoms with E-state index in [1.54, 1.807) is 24.5 Å². The third-order valence-corrected chi connectivity index (χ3v) is 2.94. The molecule has 17 heavy (non-hydrogen) atoms. The van der Waals surface area contributed by atoms with Crippen molar-refractivity contribution in [1.82, 2.24) is 9.97 Å². The first kappa shape index (κ1) is 11.6. The van der Waals surface area contributed by atoms with E-state index in [1.807, 2.05) is 6.07 Å². The van der Waals surface area contributed by atoms with E-state index in [0.29, 0.717) is 16.5 Å². The predicted molar refractivity (Wildman–Crippen MR) is 62.7 cm³/mol. The highest BCUT2D eigenvalue weighted by molar-refractivity contribution is 7.98. The van der Waals surface area contributed by atoms with Gasteiger partial charge in [-0.3, -0.25) is 0 Å². The third kappa shape index (κ3) is 3.26. The van der Waals surface area contributed by atoms with Crippen molar-refractivity contribution in [2.45, 2.75) is 10.9 Å². The van der Waals surface area contributed by atoms with Crippen LogP contribution in [0.15, 0.2) is 41.8 Å². The van der Waals surface area contributed by atoms with Crippen LogP contribution in [0, 0.1) is 17.1 Å². The Labute approximate surface area is 102 Å². The van der Waals surface area contributed by atoms with Gasteiger partial charge in [0.05, 0.1) is 11.6 Å². The lowest BCUT2D eigenvalue weighted by Gasteiger charge is -2.01. The molecule has 0 saturated carbocycles. The monoisotopic (exact) mass is 245 g/mol. The first-order chi connectivity index (χ1) is 8.28. The minimum Gasteiger partial charge on any atom is -0.231 e. The molecule has 3 nitrogen and oxygen atoms in total. The summed E-state index contributed by atoms with van der Waals surface area (Å²) in [5.41, 5.74) is 1.08. The maximum Gasteiger partial charge on any atom is 0.187 e. The Morgan fingerprint density at radius 1 is 1.24 bits per heavy atom. The zero-order chi connectivity index (χ0) is 12.1. The lowest BCUT2D eigenvalue weighted by molar-refractivity contribution is 0.626. The molecular formula is C12H8FN3S. The maximum atomic E-state index is 13.1. The van der Waals surface area contributed by atoms with Gasteiger partial charge in [-0.25, -0.2) is 14.4 Å². The Balaban J connectivity index is 2.10. The minimum absolute atomic E-state index is 0.328. The van der Waals surface area contributed by atoms with Crippen LogP contribution in [0.2, 0.25) is 0 Å². The van der Waals surface area contributed by atoms with Crippen molar-refractivity contribution >= 4 is 11.8 Å². The normalized spacial score (nSPS) is 9.88. The summed E-state index contributed by atoms with van der Waals surface area (Å²) in [4.78, 5) is 8.10. The second-order valence-corrected chi connectivity index (χ2v) is 4.22. The molecule has 1 aromatic heterocycles. The lowest BCUT2D eigenvalue weighted by atomic mass is 10.1. The number of halogens is 1. The lowest BCUT2D eigenvalue weighted by Crippen LogP contribution is -1.88. The van der Waals surface area contributed by atoms with Crippen LogP contribution in [0.4, 0.5) is 4.39 Å². The van der Waals surface area contributed by atoms with E-state index in [9.17, 15) is 4.39 Å². The maximum absolute atomic E-state index is 13.1. The van der Waals surface area contributed by atoms with E-state index in [0.717, 1.165) is 5.56 Å². The van der Waals surface area contributed by atoms with Crippen LogP contribution in [-0.2, 0) is 5.75 Å². The van der Waals surface area contributed by atoms with Crippen LogP contribution < -0.4 is 0 Å². The highest BCUT2D eigenvalue weighted by Gasteiger charge is 2.02. The molecule has 0 atom stereocenters. The Morgan fingerprint density at radius 2 is 2.00 bits per heavy atom. The first-order valence-electron chi connectivity index (χ1n) is 4.87. The van der Waals surface area contributed by atoms with Crippen molar-refractivity contribution in [3.05, 3.63) is 53.6 Å². The number of nitriles is 1. The summed E-state index contributed by atoms with van der Waals surface area (Å²) in [6.45, 7) is 0. The van der Waals surface area contributed by atoms with E-state index in [2.05, 4.69) is 9.97 Å². The third-order valence-electron chi connectivity index (χ3n) is 2.00. The molecule has 1 heterocycles. The van der Waals surface area contributed by atoms with Crippen LogP contribution in [0.5, 0.6) is 0 Å². The fraction of sp³-hybridized carbons (Fsp3) is 0.0833. The molecule has 0 N–H and O–H groups in total. The highest BCUT2D eigenvalue weighted by atomic mass is 32.2. The van der Waals surface area contributed by atoms with Crippen LogP contribution in [-0.4, -0.2) is 9.97 Å². The summed E-state index contributed by atoms with van der Waals surface area (Å²) >= 11 is 1.40. The predicted octanol–water partition coefficient (Wildman–Crippen LogP) is 2.78. The summed E-state index contributed by atoms with van der Waals surface area (Å²) in [5.74, 6) is 0.143. The average molecular weight is 245 g/mol. The number of nitrogens with zero attached hydrogens (tertiary/aromatic N) is 3. The number of thioether (sulfide) groups is 1. The second-order valence-electron chi connectivity index (χ2n) is 3.28. The van der Waals surface area contributed by atoms with Gasteiger partial charge < -0.3 is 0 Å². The van der Waals surface area contributed by atoms with Crippen molar-refractivity contribution in [3.8, 4) is 6.07 Å². The van der Waals surface area contributed by atoms with Crippen LogP contribution in [0.25, 0.3) is 0 Å². The minimum atomic E-state index is -0.395. The van der Waals surface area contributed by atoms with Gasteiger partial charge in [-0.2, -0.15) is 5.26 Å². The molecule has 0 saturated heterocycles. The van der Waals surface area contributed by atoms with Crippen molar-refractivity contribution in [2.24, 2.45) is 0 Å². The van der Waals surface area contributed by atoms with Crippen molar-refractivity contribution in [2.75, 3.05) is 0 Å². The van der Waals surface area contributed by atoms with Gasteiger partial charge in [0.15, 0.2) is 5.16 Å². The molecule has 0 fully saturated rings. The average Bonchev–Trinajstić information content (AvgIpc) is 2.37. The number of hydrogen-bond donors (Lipinski definition) is 0. The number of hydrogen-bond acceptors (Lipinski definition) is 4. The van der Waals surface area contributed by atoms with Gasteiger partial charge in [-0.1, -0.05) is 11.8 Å². The van der Waals surface area contributed by atoms with E-state index in [1.165, 1.54) is 23.9 Å².